The Morgan fingerprint density at radius 3 is 2.54 bits per heavy atom. The smallest absolute Gasteiger partial charge is 0.258 e. The number of rotatable bonds is 3. The maximum atomic E-state index is 13.3. The van der Waals surface area contributed by atoms with Crippen molar-refractivity contribution in [3.63, 3.8) is 0 Å². The van der Waals surface area contributed by atoms with Gasteiger partial charge in [0, 0.05) is 19.6 Å². The lowest BCUT2D eigenvalue weighted by Crippen LogP contribution is -2.49. The average molecular weight is 324 g/mol. The number of hydrogen-bond acceptors (Lipinski definition) is 3. The number of aryl methyl sites for hydroxylation is 1. The zero-order chi connectivity index (χ0) is 17.1. The molecule has 1 unspecified atom stereocenters. The van der Waals surface area contributed by atoms with Crippen molar-refractivity contribution in [3.8, 4) is 5.75 Å². The van der Waals surface area contributed by atoms with E-state index in [9.17, 15) is 4.79 Å². The van der Waals surface area contributed by atoms with Crippen LogP contribution in [0.2, 0.25) is 0 Å². The van der Waals surface area contributed by atoms with Crippen LogP contribution in [-0.4, -0.2) is 49.5 Å². The number of nitrogens with zero attached hydrogens (tertiary/aromatic N) is 2. The van der Waals surface area contributed by atoms with Gasteiger partial charge in [-0.2, -0.15) is 0 Å². The fourth-order valence-electron chi connectivity index (χ4n) is 3.35. The van der Waals surface area contributed by atoms with E-state index in [-0.39, 0.29) is 11.9 Å². The number of benzene rings is 2. The fraction of sp³-hybridized carbons (Fsp3) is 0.350. The van der Waals surface area contributed by atoms with Crippen LogP contribution in [0.25, 0.3) is 0 Å². The van der Waals surface area contributed by atoms with Gasteiger partial charge in [-0.3, -0.25) is 4.79 Å². The lowest BCUT2D eigenvalue weighted by molar-refractivity contribution is 0.0494. The van der Waals surface area contributed by atoms with Gasteiger partial charge in [0.1, 0.15) is 5.75 Å². The highest BCUT2D eigenvalue weighted by atomic mass is 16.5. The summed E-state index contributed by atoms with van der Waals surface area (Å²) in [6.07, 6.45) is 0. The third-order valence-corrected chi connectivity index (χ3v) is 4.70. The average Bonchev–Trinajstić information content (AvgIpc) is 2.61. The molecule has 0 N–H and O–H groups in total. The van der Waals surface area contributed by atoms with Gasteiger partial charge in [0.15, 0.2) is 0 Å². The Morgan fingerprint density at radius 2 is 1.83 bits per heavy atom. The Hall–Kier alpha value is -2.33. The predicted molar refractivity (Wildman–Crippen MR) is 95.4 cm³/mol. The molecule has 1 aliphatic rings. The van der Waals surface area contributed by atoms with Gasteiger partial charge in [0.2, 0.25) is 0 Å². The molecule has 4 nitrogen and oxygen atoms in total. The molecule has 2 aromatic carbocycles. The summed E-state index contributed by atoms with van der Waals surface area (Å²) in [5, 5.41) is 0. The lowest BCUT2D eigenvalue weighted by Gasteiger charge is -2.40. The minimum Gasteiger partial charge on any atom is -0.496 e. The van der Waals surface area contributed by atoms with Crippen molar-refractivity contribution in [3.05, 3.63) is 65.2 Å². The van der Waals surface area contributed by atoms with Crippen molar-refractivity contribution in [2.45, 2.75) is 13.0 Å². The Labute approximate surface area is 143 Å². The predicted octanol–water partition coefficient (Wildman–Crippen LogP) is 3.13. The fourth-order valence-corrected chi connectivity index (χ4v) is 3.35. The van der Waals surface area contributed by atoms with E-state index in [0.29, 0.717) is 17.9 Å². The topological polar surface area (TPSA) is 32.8 Å². The van der Waals surface area contributed by atoms with Crippen molar-refractivity contribution < 1.29 is 9.53 Å². The van der Waals surface area contributed by atoms with Crippen LogP contribution in [0.1, 0.15) is 27.5 Å². The maximum absolute atomic E-state index is 13.3. The van der Waals surface area contributed by atoms with E-state index in [4.69, 9.17) is 4.74 Å². The first kappa shape index (κ1) is 16.5. The SMILES string of the molecule is COc1cccc(C)c1C(=O)N1CCN(C)CC1c1ccccc1. The quantitative estimate of drug-likeness (QED) is 0.869. The van der Waals surface area contributed by atoms with Gasteiger partial charge in [-0.1, -0.05) is 42.5 Å². The van der Waals surface area contributed by atoms with Crippen LogP contribution < -0.4 is 4.74 Å². The molecule has 4 heteroatoms. The Kier molecular flexibility index (Phi) is 4.86. The molecular weight excluding hydrogens is 300 g/mol. The van der Waals surface area contributed by atoms with E-state index in [1.165, 1.54) is 5.56 Å². The van der Waals surface area contributed by atoms with Gasteiger partial charge >= 0.3 is 0 Å². The molecule has 1 atom stereocenters. The molecule has 0 aromatic heterocycles. The molecule has 0 spiro atoms. The molecule has 0 radical (unpaired) electrons. The van der Waals surface area contributed by atoms with Crippen molar-refractivity contribution >= 4 is 5.91 Å². The summed E-state index contributed by atoms with van der Waals surface area (Å²) in [7, 11) is 3.72. The third-order valence-electron chi connectivity index (χ3n) is 4.70. The van der Waals surface area contributed by atoms with Gasteiger partial charge in [0.25, 0.3) is 5.91 Å². The normalized spacial score (nSPS) is 18.5. The molecule has 0 aliphatic carbocycles. The van der Waals surface area contributed by atoms with E-state index in [0.717, 1.165) is 18.7 Å². The van der Waals surface area contributed by atoms with Crippen molar-refractivity contribution in [1.82, 2.24) is 9.80 Å². The number of ether oxygens (including phenoxy) is 1. The molecule has 0 bridgehead atoms. The molecule has 0 saturated carbocycles. The molecule has 126 valence electrons. The molecule has 1 amide bonds. The third kappa shape index (κ3) is 3.15. The van der Waals surface area contributed by atoms with E-state index >= 15 is 0 Å². The number of piperazine rings is 1. The zero-order valence-corrected chi connectivity index (χ0v) is 14.5. The number of likely N-dealkylation sites (N-methyl/N-ethyl adjacent to an activating group) is 1. The maximum Gasteiger partial charge on any atom is 0.258 e. The van der Waals surface area contributed by atoms with Crippen LogP contribution in [-0.2, 0) is 0 Å². The first-order valence-corrected chi connectivity index (χ1v) is 8.30. The van der Waals surface area contributed by atoms with Gasteiger partial charge < -0.3 is 14.5 Å². The molecule has 3 rings (SSSR count). The summed E-state index contributed by atoms with van der Waals surface area (Å²) in [6, 6.07) is 16.1. The van der Waals surface area contributed by atoms with Gasteiger partial charge in [-0.15, -0.1) is 0 Å². The Bertz CT molecular complexity index is 715. The molecule has 1 fully saturated rings. The Balaban J connectivity index is 1.98. The van der Waals surface area contributed by atoms with Crippen LogP contribution in [0.15, 0.2) is 48.5 Å². The second-order valence-electron chi connectivity index (χ2n) is 6.34. The van der Waals surface area contributed by atoms with E-state index < -0.39 is 0 Å². The van der Waals surface area contributed by atoms with Crippen LogP contribution in [0.3, 0.4) is 0 Å². The minimum absolute atomic E-state index is 0.0481. The van der Waals surface area contributed by atoms with Crippen molar-refractivity contribution in [2.75, 3.05) is 33.8 Å². The summed E-state index contributed by atoms with van der Waals surface area (Å²) in [6.45, 7) is 4.39. The van der Waals surface area contributed by atoms with E-state index in [1.807, 2.05) is 48.2 Å². The second kappa shape index (κ2) is 7.05. The summed E-state index contributed by atoms with van der Waals surface area (Å²) < 4.78 is 5.44. The molecular formula is C20H24N2O2. The number of amides is 1. The van der Waals surface area contributed by atoms with Crippen LogP contribution in [0.5, 0.6) is 5.75 Å². The summed E-state index contributed by atoms with van der Waals surface area (Å²) in [5.41, 5.74) is 2.79. The molecule has 1 aliphatic heterocycles. The van der Waals surface area contributed by atoms with Crippen molar-refractivity contribution in [2.24, 2.45) is 0 Å². The zero-order valence-electron chi connectivity index (χ0n) is 14.5. The molecule has 1 heterocycles. The molecule has 24 heavy (non-hydrogen) atoms. The largest absolute Gasteiger partial charge is 0.496 e. The standard InChI is InChI=1S/C20H24N2O2/c1-15-8-7-11-18(24-3)19(15)20(23)22-13-12-21(2)14-17(22)16-9-5-4-6-10-16/h4-11,17H,12-14H2,1-3H3. The van der Waals surface area contributed by atoms with E-state index in [1.54, 1.807) is 7.11 Å². The highest BCUT2D eigenvalue weighted by Gasteiger charge is 2.32. The summed E-state index contributed by atoms with van der Waals surface area (Å²) in [4.78, 5) is 17.6. The van der Waals surface area contributed by atoms with Crippen LogP contribution in [0, 0.1) is 6.92 Å². The highest BCUT2D eigenvalue weighted by molar-refractivity contribution is 5.98. The van der Waals surface area contributed by atoms with Gasteiger partial charge in [0.05, 0.1) is 18.7 Å². The molecule has 2 aromatic rings. The number of methoxy groups -OCH3 is 1. The second-order valence-corrected chi connectivity index (χ2v) is 6.34. The van der Waals surface area contributed by atoms with E-state index in [2.05, 4.69) is 24.1 Å². The number of carbonyl (C=O) groups excluding carboxylic acids is 1. The van der Waals surface area contributed by atoms with Crippen molar-refractivity contribution in [1.29, 1.82) is 0 Å². The highest BCUT2D eigenvalue weighted by Crippen LogP contribution is 2.30. The number of hydrogen-bond donors (Lipinski definition) is 0. The van der Waals surface area contributed by atoms with Gasteiger partial charge in [-0.05, 0) is 31.2 Å². The first-order chi connectivity index (χ1) is 11.6. The van der Waals surface area contributed by atoms with Gasteiger partial charge in [-0.25, -0.2) is 0 Å². The minimum atomic E-state index is 0.0481. The summed E-state index contributed by atoms with van der Waals surface area (Å²) in [5.74, 6) is 0.692. The first-order valence-electron chi connectivity index (χ1n) is 8.30. The number of carbonyl (C=O) groups is 1. The summed E-state index contributed by atoms with van der Waals surface area (Å²) >= 11 is 0. The van der Waals surface area contributed by atoms with Crippen LogP contribution >= 0.6 is 0 Å². The van der Waals surface area contributed by atoms with Crippen LogP contribution in [0.4, 0.5) is 0 Å². The monoisotopic (exact) mass is 324 g/mol. The lowest BCUT2D eigenvalue weighted by atomic mass is 9.99. The Morgan fingerprint density at radius 1 is 1.08 bits per heavy atom. The molecule has 1 saturated heterocycles.